The molecule has 0 bridgehead atoms. The largest absolute Gasteiger partial charge is 0.375 e. The van der Waals surface area contributed by atoms with Crippen LogP contribution >= 0.6 is 0 Å². The lowest BCUT2D eigenvalue weighted by atomic mass is 9.67. The maximum absolute atomic E-state index is 6.35. The van der Waals surface area contributed by atoms with Gasteiger partial charge in [-0.25, -0.2) is 0 Å². The van der Waals surface area contributed by atoms with Crippen molar-refractivity contribution in [3.63, 3.8) is 0 Å². The standard InChI is InChI=1S/C23H31N3O/c1-19-16-20(17-25-26-19)8-2-4-10-22(21-9-3-7-14-24-21)13-15-27-23(18-22)11-5-6-12-23/h3,7,9,14,16-17H,2,4-6,8,10-13,15,18H2,1H3. The number of aryl methyl sites for hydroxylation is 2. The molecule has 1 unspecified atom stereocenters. The third-order valence-electron chi connectivity index (χ3n) is 6.58. The fourth-order valence-corrected chi connectivity index (χ4v) is 5.25. The molecule has 1 spiro atoms. The van der Waals surface area contributed by atoms with Crippen LogP contribution in [0.4, 0.5) is 0 Å². The molecule has 1 aliphatic heterocycles. The van der Waals surface area contributed by atoms with Crippen molar-refractivity contribution in [3.05, 3.63) is 53.6 Å². The number of ether oxygens (including phenoxy) is 1. The van der Waals surface area contributed by atoms with E-state index in [2.05, 4.69) is 28.4 Å². The molecule has 4 rings (SSSR count). The summed E-state index contributed by atoms with van der Waals surface area (Å²) in [4.78, 5) is 4.80. The molecular formula is C23H31N3O. The van der Waals surface area contributed by atoms with Crippen molar-refractivity contribution in [3.8, 4) is 0 Å². The Morgan fingerprint density at radius 1 is 1.11 bits per heavy atom. The molecule has 2 aromatic rings. The van der Waals surface area contributed by atoms with Gasteiger partial charge in [-0.2, -0.15) is 10.2 Å². The van der Waals surface area contributed by atoms with Gasteiger partial charge >= 0.3 is 0 Å². The molecule has 2 aliphatic rings. The van der Waals surface area contributed by atoms with Gasteiger partial charge in [0.05, 0.1) is 17.5 Å². The minimum Gasteiger partial charge on any atom is -0.375 e. The Kier molecular flexibility index (Phi) is 5.53. The molecule has 1 atom stereocenters. The Hall–Kier alpha value is -1.81. The van der Waals surface area contributed by atoms with Gasteiger partial charge in [-0.1, -0.05) is 25.3 Å². The van der Waals surface area contributed by atoms with Crippen molar-refractivity contribution in [2.24, 2.45) is 0 Å². The van der Waals surface area contributed by atoms with Crippen molar-refractivity contribution in [2.75, 3.05) is 6.61 Å². The number of hydrogen-bond acceptors (Lipinski definition) is 4. The molecule has 4 nitrogen and oxygen atoms in total. The smallest absolute Gasteiger partial charge is 0.0691 e. The van der Waals surface area contributed by atoms with Crippen molar-refractivity contribution in [1.29, 1.82) is 0 Å². The second-order valence-electron chi connectivity index (χ2n) is 8.57. The first-order chi connectivity index (χ1) is 13.2. The average Bonchev–Trinajstić information content (AvgIpc) is 3.13. The van der Waals surface area contributed by atoms with Gasteiger partial charge in [-0.05, 0) is 75.6 Å². The molecule has 1 saturated carbocycles. The first-order valence-corrected chi connectivity index (χ1v) is 10.5. The Labute approximate surface area is 162 Å². The average molecular weight is 366 g/mol. The number of pyridine rings is 1. The second kappa shape index (κ2) is 8.05. The summed E-state index contributed by atoms with van der Waals surface area (Å²) in [6, 6.07) is 8.57. The number of unbranched alkanes of at least 4 members (excludes halogenated alkanes) is 1. The van der Waals surface area contributed by atoms with E-state index < -0.39 is 0 Å². The van der Waals surface area contributed by atoms with Gasteiger partial charge < -0.3 is 4.74 Å². The SMILES string of the molecule is Cc1cc(CCCCC2(c3ccccn3)CCOC3(CCCC3)C2)cnn1. The van der Waals surface area contributed by atoms with Gasteiger partial charge in [0.15, 0.2) is 0 Å². The lowest BCUT2D eigenvalue weighted by molar-refractivity contribution is -0.104. The first-order valence-electron chi connectivity index (χ1n) is 10.5. The molecule has 27 heavy (non-hydrogen) atoms. The van der Waals surface area contributed by atoms with Crippen molar-refractivity contribution in [2.45, 2.75) is 82.1 Å². The van der Waals surface area contributed by atoms with Crippen LogP contribution in [0.5, 0.6) is 0 Å². The zero-order chi connectivity index (χ0) is 18.6. The molecule has 3 heterocycles. The quantitative estimate of drug-likeness (QED) is 0.679. The van der Waals surface area contributed by atoms with Gasteiger partial charge in [-0.15, -0.1) is 0 Å². The highest BCUT2D eigenvalue weighted by atomic mass is 16.5. The van der Waals surface area contributed by atoms with Gasteiger partial charge in [0, 0.05) is 23.9 Å². The van der Waals surface area contributed by atoms with Crippen LogP contribution in [0.1, 0.15) is 74.7 Å². The predicted molar refractivity (Wildman–Crippen MR) is 107 cm³/mol. The summed E-state index contributed by atoms with van der Waals surface area (Å²) in [6.45, 7) is 2.89. The van der Waals surface area contributed by atoms with Crippen molar-refractivity contribution in [1.82, 2.24) is 15.2 Å². The van der Waals surface area contributed by atoms with E-state index in [4.69, 9.17) is 9.72 Å². The molecule has 1 aliphatic carbocycles. The predicted octanol–water partition coefficient (Wildman–Crippen LogP) is 4.95. The monoisotopic (exact) mass is 365 g/mol. The zero-order valence-electron chi connectivity index (χ0n) is 16.5. The van der Waals surface area contributed by atoms with E-state index in [1.54, 1.807) is 0 Å². The van der Waals surface area contributed by atoms with Gasteiger partial charge in [-0.3, -0.25) is 4.98 Å². The Morgan fingerprint density at radius 3 is 2.78 bits per heavy atom. The van der Waals surface area contributed by atoms with E-state index in [1.165, 1.54) is 56.2 Å². The van der Waals surface area contributed by atoms with Crippen LogP contribution in [0, 0.1) is 6.92 Å². The van der Waals surface area contributed by atoms with Crippen molar-refractivity contribution < 1.29 is 4.74 Å². The van der Waals surface area contributed by atoms with Gasteiger partial charge in [0.1, 0.15) is 0 Å². The normalized spacial score (nSPS) is 24.3. The molecule has 0 N–H and O–H groups in total. The van der Waals surface area contributed by atoms with Crippen molar-refractivity contribution >= 4 is 0 Å². The molecule has 0 amide bonds. The molecule has 1 saturated heterocycles. The molecular weight excluding hydrogens is 334 g/mol. The summed E-state index contributed by atoms with van der Waals surface area (Å²) in [7, 11) is 0. The summed E-state index contributed by atoms with van der Waals surface area (Å²) in [5, 5.41) is 8.15. The first kappa shape index (κ1) is 18.5. The van der Waals surface area contributed by atoms with E-state index >= 15 is 0 Å². The minimum absolute atomic E-state index is 0.113. The fourth-order valence-electron chi connectivity index (χ4n) is 5.25. The Morgan fingerprint density at radius 2 is 2.00 bits per heavy atom. The fraction of sp³-hybridized carbons (Fsp3) is 0.609. The molecule has 144 valence electrons. The number of aromatic nitrogens is 3. The maximum atomic E-state index is 6.35. The van der Waals surface area contributed by atoms with Crippen LogP contribution in [-0.4, -0.2) is 27.4 Å². The van der Waals surface area contributed by atoms with Crippen LogP contribution in [0.25, 0.3) is 0 Å². The molecule has 0 aromatic carbocycles. The van der Waals surface area contributed by atoms with Crippen LogP contribution < -0.4 is 0 Å². The van der Waals surface area contributed by atoms with Crippen LogP contribution in [-0.2, 0) is 16.6 Å². The number of hydrogen-bond donors (Lipinski definition) is 0. The lowest BCUT2D eigenvalue weighted by Crippen LogP contribution is -2.46. The van der Waals surface area contributed by atoms with Gasteiger partial charge in [0.25, 0.3) is 0 Å². The molecule has 2 fully saturated rings. The highest BCUT2D eigenvalue weighted by molar-refractivity contribution is 5.20. The minimum atomic E-state index is 0.113. The number of nitrogens with zero attached hydrogens (tertiary/aromatic N) is 3. The summed E-state index contributed by atoms with van der Waals surface area (Å²) in [5.74, 6) is 0. The van der Waals surface area contributed by atoms with Gasteiger partial charge in [0.2, 0.25) is 0 Å². The van der Waals surface area contributed by atoms with E-state index in [-0.39, 0.29) is 11.0 Å². The molecule has 0 radical (unpaired) electrons. The topological polar surface area (TPSA) is 47.9 Å². The summed E-state index contributed by atoms with van der Waals surface area (Å²) in [6.07, 6.45) is 15.9. The maximum Gasteiger partial charge on any atom is 0.0691 e. The third-order valence-corrected chi connectivity index (χ3v) is 6.58. The van der Waals surface area contributed by atoms with E-state index in [1.807, 2.05) is 25.4 Å². The van der Waals surface area contributed by atoms with Crippen LogP contribution in [0.2, 0.25) is 0 Å². The summed E-state index contributed by atoms with van der Waals surface area (Å²) >= 11 is 0. The van der Waals surface area contributed by atoms with Crippen LogP contribution in [0.3, 0.4) is 0 Å². The van der Waals surface area contributed by atoms with E-state index in [0.29, 0.717) is 0 Å². The van der Waals surface area contributed by atoms with E-state index in [9.17, 15) is 0 Å². The Balaban J connectivity index is 1.45. The number of rotatable bonds is 6. The van der Waals surface area contributed by atoms with Crippen LogP contribution in [0.15, 0.2) is 36.7 Å². The lowest BCUT2D eigenvalue weighted by Gasteiger charge is -2.46. The third kappa shape index (κ3) is 4.21. The molecule has 2 aromatic heterocycles. The van der Waals surface area contributed by atoms with E-state index in [0.717, 1.165) is 31.6 Å². The molecule has 4 heteroatoms. The summed E-state index contributed by atoms with van der Waals surface area (Å²) < 4.78 is 6.35. The zero-order valence-corrected chi connectivity index (χ0v) is 16.5. The second-order valence-corrected chi connectivity index (χ2v) is 8.57. The Bertz CT molecular complexity index is 742. The highest BCUT2D eigenvalue weighted by Crippen LogP contribution is 2.50. The highest BCUT2D eigenvalue weighted by Gasteiger charge is 2.48. The summed E-state index contributed by atoms with van der Waals surface area (Å²) in [5.41, 5.74) is 3.87.